The smallest absolute Gasteiger partial charge is 0.331 e. The Balaban J connectivity index is 2.01. The number of aliphatic carboxylic acids is 1. The molecule has 3 amide bonds. The number of amides is 3. The first-order valence-corrected chi connectivity index (χ1v) is 6.41. The molecule has 0 radical (unpaired) electrons. The van der Waals surface area contributed by atoms with E-state index >= 15 is 0 Å². The minimum absolute atomic E-state index is 0.00867. The molecule has 1 aliphatic heterocycles. The average molecular weight is 292 g/mol. The summed E-state index contributed by atoms with van der Waals surface area (Å²) in [5, 5.41) is 11.0. The minimum Gasteiger partial charge on any atom is -0.478 e. The third-order valence-corrected chi connectivity index (χ3v) is 3.48. The molecule has 1 aromatic heterocycles. The molecule has 0 fully saturated rings. The lowest BCUT2D eigenvalue weighted by molar-refractivity contribution is -0.133. The summed E-state index contributed by atoms with van der Waals surface area (Å²) in [6.45, 7) is 4.07. The summed E-state index contributed by atoms with van der Waals surface area (Å²) < 4.78 is 1.94. The third-order valence-electron chi connectivity index (χ3n) is 3.48. The number of rotatable bonds is 2. The summed E-state index contributed by atoms with van der Waals surface area (Å²) in [6, 6.07) is -0.549. The van der Waals surface area contributed by atoms with Gasteiger partial charge >= 0.3 is 12.0 Å². The van der Waals surface area contributed by atoms with Gasteiger partial charge in [-0.3, -0.25) is 10.1 Å². The van der Waals surface area contributed by atoms with Crippen LogP contribution < -0.4 is 5.32 Å². The lowest BCUT2D eigenvalue weighted by Crippen LogP contribution is -2.46. The fourth-order valence-electron chi connectivity index (χ4n) is 1.95. The van der Waals surface area contributed by atoms with Crippen LogP contribution in [0.25, 0.3) is 0 Å². The first-order valence-electron chi connectivity index (χ1n) is 6.41. The number of nitrogens with zero attached hydrogens (tertiary/aromatic N) is 3. The number of aromatic nitrogens is 2. The summed E-state index contributed by atoms with van der Waals surface area (Å²) >= 11 is 0. The van der Waals surface area contributed by atoms with Gasteiger partial charge in [-0.25, -0.2) is 14.6 Å². The van der Waals surface area contributed by atoms with Crippen molar-refractivity contribution >= 4 is 17.9 Å². The van der Waals surface area contributed by atoms with Crippen LogP contribution in [0.2, 0.25) is 0 Å². The number of hydrogen-bond acceptors (Lipinski definition) is 4. The highest BCUT2D eigenvalue weighted by atomic mass is 16.4. The van der Waals surface area contributed by atoms with Gasteiger partial charge < -0.3 is 14.6 Å². The van der Waals surface area contributed by atoms with Gasteiger partial charge in [-0.2, -0.15) is 0 Å². The Bertz CT molecular complexity index is 632. The Kier molecular flexibility index (Phi) is 4.06. The van der Waals surface area contributed by atoms with Crippen LogP contribution in [0.4, 0.5) is 4.79 Å². The van der Waals surface area contributed by atoms with E-state index in [4.69, 9.17) is 5.11 Å². The van der Waals surface area contributed by atoms with Gasteiger partial charge in [-0.1, -0.05) is 0 Å². The molecule has 0 saturated carbocycles. The summed E-state index contributed by atoms with van der Waals surface area (Å²) in [5.41, 5.74) is -0.0798. The summed E-state index contributed by atoms with van der Waals surface area (Å²) in [7, 11) is 0. The molecule has 1 aromatic rings. The number of carbonyl (C=O) groups excluding carboxylic acids is 2. The van der Waals surface area contributed by atoms with E-state index in [1.54, 1.807) is 6.20 Å². The van der Waals surface area contributed by atoms with Gasteiger partial charge in [0.1, 0.15) is 5.82 Å². The van der Waals surface area contributed by atoms with Gasteiger partial charge in [-0.05, 0) is 13.8 Å². The zero-order chi connectivity index (χ0) is 15.6. The Hall–Kier alpha value is -2.64. The fraction of sp³-hybridized carbons (Fsp3) is 0.385. The molecule has 0 atom stereocenters. The lowest BCUT2D eigenvalue weighted by Gasteiger charge is -2.27. The van der Waals surface area contributed by atoms with E-state index in [0.29, 0.717) is 19.6 Å². The molecule has 8 nitrogen and oxygen atoms in total. The third kappa shape index (κ3) is 3.10. The van der Waals surface area contributed by atoms with Crippen LogP contribution in [0, 0.1) is 0 Å². The molecule has 0 spiro atoms. The quantitative estimate of drug-likeness (QED) is 0.766. The van der Waals surface area contributed by atoms with Crippen molar-refractivity contribution in [2.75, 3.05) is 6.54 Å². The maximum atomic E-state index is 12.0. The molecule has 0 aliphatic carbocycles. The Morgan fingerprint density at radius 1 is 1.24 bits per heavy atom. The van der Waals surface area contributed by atoms with E-state index in [9.17, 15) is 14.4 Å². The maximum Gasteiger partial charge on any atom is 0.331 e. The second-order valence-electron chi connectivity index (χ2n) is 4.77. The molecule has 0 aromatic carbocycles. The van der Waals surface area contributed by atoms with E-state index in [-0.39, 0.29) is 11.1 Å². The van der Waals surface area contributed by atoms with Crippen LogP contribution in [-0.4, -0.2) is 44.0 Å². The molecule has 0 saturated heterocycles. The molecule has 0 unspecified atom stereocenters. The van der Waals surface area contributed by atoms with E-state index < -0.39 is 17.9 Å². The number of urea groups is 1. The highest BCUT2D eigenvalue weighted by Crippen LogP contribution is 2.10. The Labute approximate surface area is 121 Å². The molecule has 2 rings (SSSR count). The predicted molar refractivity (Wildman–Crippen MR) is 72.2 cm³/mol. The van der Waals surface area contributed by atoms with E-state index in [1.807, 2.05) is 10.8 Å². The molecular weight excluding hydrogens is 276 g/mol. The van der Waals surface area contributed by atoms with Crippen LogP contribution >= 0.6 is 0 Å². The monoisotopic (exact) mass is 292 g/mol. The lowest BCUT2D eigenvalue weighted by atomic mass is 10.1. The van der Waals surface area contributed by atoms with Crippen molar-refractivity contribution in [2.24, 2.45) is 0 Å². The highest BCUT2D eigenvalue weighted by molar-refractivity contribution is 6.07. The van der Waals surface area contributed by atoms with E-state index in [0.717, 1.165) is 5.82 Å². The molecular formula is C13H16N4O4. The SMILES string of the molecule is CC(C(=O)O)=C(C)C(=O)NC(=O)N1CCn2ccnc2C1. The van der Waals surface area contributed by atoms with Crippen LogP contribution in [0.5, 0.6) is 0 Å². The van der Waals surface area contributed by atoms with Gasteiger partial charge in [0.25, 0.3) is 5.91 Å². The van der Waals surface area contributed by atoms with E-state index in [2.05, 4.69) is 10.3 Å². The van der Waals surface area contributed by atoms with Gasteiger partial charge in [0.2, 0.25) is 0 Å². The molecule has 1 aliphatic rings. The number of hydrogen-bond donors (Lipinski definition) is 2. The molecule has 0 bridgehead atoms. The van der Waals surface area contributed by atoms with Crippen LogP contribution in [0.15, 0.2) is 23.5 Å². The summed E-state index contributed by atoms with van der Waals surface area (Å²) in [6.07, 6.45) is 3.49. The van der Waals surface area contributed by atoms with Crippen molar-refractivity contribution in [3.05, 3.63) is 29.4 Å². The predicted octanol–water partition coefficient (Wildman–Crippen LogP) is 0.356. The van der Waals surface area contributed by atoms with Gasteiger partial charge in [-0.15, -0.1) is 0 Å². The van der Waals surface area contributed by atoms with Crippen molar-refractivity contribution in [3.8, 4) is 0 Å². The molecule has 112 valence electrons. The van der Waals surface area contributed by atoms with Gasteiger partial charge in [0.15, 0.2) is 0 Å². The Morgan fingerprint density at radius 3 is 2.62 bits per heavy atom. The molecule has 21 heavy (non-hydrogen) atoms. The van der Waals surface area contributed by atoms with Crippen LogP contribution in [0.1, 0.15) is 19.7 Å². The number of fused-ring (bicyclic) bond motifs is 1. The largest absolute Gasteiger partial charge is 0.478 e. The number of imide groups is 1. The van der Waals surface area contributed by atoms with Crippen molar-refractivity contribution in [1.82, 2.24) is 19.8 Å². The van der Waals surface area contributed by atoms with E-state index in [1.165, 1.54) is 18.7 Å². The van der Waals surface area contributed by atoms with Gasteiger partial charge in [0, 0.05) is 36.6 Å². The van der Waals surface area contributed by atoms with Crippen molar-refractivity contribution in [1.29, 1.82) is 0 Å². The zero-order valence-electron chi connectivity index (χ0n) is 11.8. The molecule has 2 heterocycles. The first-order chi connectivity index (χ1) is 9.90. The Morgan fingerprint density at radius 2 is 1.95 bits per heavy atom. The van der Waals surface area contributed by atoms with Gasteiger partial charge in [0.05, 0.1) is 6.54 Å². The standard InChI is InChI=1S/C13H16N4O4/c1-8(9(2)12(19)20)11(18)15-13(21)17-6-5-16-4-3-14-10(16)7-17/h3-4H,5-7H2,1-2H3,(H,19,20)(H,15,18,21). The van der Waals surface area contributed by atoms with Crippen LogP contribution in [-0.2, 0) is 22.7 Å². The molecule has 8 heteroatoms. The zero-order valence-corrected chi connectivity index (χ0v) is 11.8. The number of nitrogens with one attached hydrogen (secondary N) is 1. The van der Waals surface area contributed by atoms with Crippen molar-refractivity contribution in [2.45, 2.75) is 26.9 Å². The fourth-order valence-corrected chi connectivity index (χ4v) is 1.95. The highest BCUT2D eigenvalue weighted by Gasteiger charge is 2.23. The number of carboxylic acid groups (broad SMARTS) is 1. The first kappa shape index (κ1) is 14.8. The van der Waals surface area contributed by atoms with Crippen molar-refractivity contribution < 1.29 is 19.5 Å². The van der Waals surface area contributed by atoms with Crippen LogP contribution in [0.3, 0.4) is 0 Å². The normalized spacial score (nSPS) is 15.0. The second-order valence-corrected chi connectivity index (χ2v) is 4.77. The average Bonchev–Trinajstić information content (AvgIpc) is 2.92. The number of carboxylic acids is 1. The number of carbonyl (C=O) groups is 3. The number of imidazole rings is 1. The second kappa shape index (κ2) is 5.78. The summed E-state index contributed by atoms with van der Waals surface area (Å²) in [4.78, 5) is 40.2. The van der Waals surface area contributed by atoms with Crippen molar-refractivity contribution in [3.63, 3.8) is 0 Å². The summed E-state index contributed by atoms with van der Waals surface area (Å²) in [5.74, 6) is -1.14. The topological polar surface area (TPSA) is 105 Å². The minimum atomic E-state index is -1.19. The molecule has 2 N–H and O–H groups in total. The maximum absolute atomic E-state index is 12.0.